The van der Waals surface area contributed by atoms with Crippen LogP contribution in [0.25, 0.3) is 11.0 Å². The maximum atomic E-state index is 13.1. The molecule has 4 aromatic rings. The number of carbonyl (C=O) groups excluding carboxylic acids is 2. The van der Waals surface area contributed by atoms with Crippen molar-refractivity contribution in [2.24, 2.45) is 0 Å². The van der Waals surface area contributed by atoms with Gasteiger partial charge in [0, 0.05) is 61.4 Å². The number of ether oxygens (including phenoxy) is 1. The number of pyridine rings is 1. The molecule has 2 fully saturated rings. The van der Waals surface area contributed by atoms with Gasteiger partial charge in [-0.15, -0.1) is 0 Å². The molecule has 4 aromatic heterocycles. The van der Waals surface area contributed by atoms with Gasteiger partial charge in [0.25, 0.3) is 5.91 Å². The third-order valence-corrected chi connectivity index (χ3v) is 10.5. The molecule has 2 aliphatic rings. The summed E-state index contributed by atoms with van der Waals surface area (Å²) < 4.78 is 7.57. The SMILES string of the molecule is CN(C)C(=O)c1cc2cnc(Cc3nccc(Sc4cnc(N5CCC(C)(NC(=O)OC(C)(C)C)CC5)cn4)c3Cl)nc2n1C1CCCC1. The van der Waals surface area contributed by atoms with Crippen molar-refractivity contribution in [2.45, 2.75) is 99.7 Å². The predicted molar refractivity (Wildman–Crippen MR) is 190 cm³/mol. The lowest BCUT2D eigenvalue weighted by Crippen LogP contribution is -2.54. The van der Waals surface area contributed by atoms with Crippen LogP contribution < -0.4 is 10.2 Å². The molecule has 14 heteroatoms. The zero-order valence-corrected chi connectivity index (χ0v) is 30.6. The molecule has 1 N–H and O–H groups in total. The van der Waals surface area contributed by atoms with Crippen molar-refractivity contribution in [2.75, 3.05) is 32.1 Å². The van der Waals surface area contributed by atoms with Crippen LogP contribution >= 0.6 is 23.4 Å². The molecule has 12 nitrogen and oxygen atoms in total. The van der Waals surface area contributed by atoms with Gasteiger partial charge in [-0.3, -0.25) is 9.78 Å². The van der Waals surface area contributed by atoms with Crippen LogP contribution in [0.3, 0.4) is 0 Å². The lowest BCUT2D eigenvalue weighted by atomic mass is 9.90. The first-order valence-electron chi connectivity index (χ1n) is 16.8. The highest BCUT2D eigenvalue weighted by Crippen LogP contribution is 2.36. The first kappa shape index (κ1) is 34.9. The fraction of sp³-hybridized carbons (Fsp3) is 0.514. The number of hydrogen-bond donors (Lipinski definition) is 1. The van der Waals surface area contributed by atoms with Gasteiger partial charge in [-0.1, -0.05) is 36.2 Å². The van der Waals surface area contributed by atoms with E-state index in [1.54, 1.807) is 43.8 Å². The van der Waals surface area contributed by atoms with E-state index in [0.717, 1.165) is 73.4 Å². The molecule has 49 heavy (non-hydrogen) atoms. The molecular formula is C35H44ClN9O3S. The van der Waals surface area contributed by atoms with Crippen LogP contribution in [0.2, 0.25) is 5.02 Å². The first-order chi connectivity index (χ1) is 23.3. The van der Waals surface area contributed by atoms with E-state index in [1.807, 2.05) is 32.9 Å². The Labute approximate surface area is 296 Å². The molecule has 1 aliphatic heterocycles. The van der Waals surface area contributed by atoms with Crippen LogP contribution in [0, 0.1) is 0 Å². The number of alkyl carbamates (subject to hydrolysis) is 1. The molecule has 1 saturated carbocycles. The summed E-state index contributed by atoms with van der Waals surface area (Å²) in [6.07, 6.45) is 12.9. The van der Waals surface area contributed by atoms with E-state index in [-0.39, 0.29) is 17.5 Å². The Balaban J connectivity index is 1.12. The van der Waals surface area contributed by atoms with Gasteiger partial charge in [-0.05, 0) is 65.5 Å². The highest BCUT2D eigenvalue weighted by molar-refractivity contribution is 7.99. The molecule has 0 aromatic carbocycles. The summed E-state index contributed by atoms with van der Waals surface area (Å²) in [6.45, 7) is 9.10. The van der Waals surface area contributed by atoms with E-state index in [4.69, 9.17) is 26.3 Å². The molecule has 0 spiro atoms. The van der Waals surface area contributed by atoms with Crippen molar-refractivity contribution in [3.05, 3.63) is 59.2 Å². The number of aromatic nitrogens is 6. The Morgan fingerprint density at radius 1 is 1.08 bits per heavy atom. The lowest BCUT2D eigenvalue weighted by molar-refractivity contribution is 0.0448. The molecule has 6 rings (SSSR count). The maximum Gasteiger partial charge on any atom is 0.408 e. The number of rotatable bonds is 8. The molecule has 1 aliphatic carbocycles. The standard InChI is InChI=1S/C35H44ClN9O3S/c1-34(2,3)48-33(47)42-35(4)12-15-44(16-13-35)28-20-40-29(21-39-28)49-26-11-14-37-24(30(26)36)18-27-38-19-22-17-25(32(46)43(5)6)45(31(22)41-27)23-9-7-8-10-23/h11,14,17,19-21,23H,7-10,12-13,15-16,18H2,1-6H3,(H,42,47). The van der Waals surface area contributed by atoms with Gasteiger partial charge in [-0.25, -0.2) is 24.7 Å². The largest absolute Gasteiger partial charge is 0.444 e. The summed E-state index contributed by atoms with van der Waals surface area (Å²) in [5, 5.41) is 5.12. The predicted octanol–water partition coefficient (Wildman–Crippen LogP) is 6.71. The second kappa shape index (κ2) is 14.1. The summed E-state index contributed by atoms with van der Waals surface area (Å²) in [4.78, 5) is 53.5. The topological polar surface area (TPSA) is 131 Å². The Kier molecular flexibility index (Phi) is 10.0. The molecule has 260 valence electrons. The minimum atomic E-state index is -0.538. The monoisotopic (exact) mass is 705 g/mol. The zero-order valence-electron chi connectivity index (χ0n) is 29.0. The number of nitrogens with zero attached hydrogens (tertiary/aromatic N) is 8. The highest BCUT2D eigenvalue weighted by atomic mass is 35.5. The molecule has 1 saturated heterocycles. The number of nitrogens with one attached hydrogen (secondary N) is 1. The van der Waals surface area contributed by atoms with Crippen molar-refractivity contribution in [3.63, 3.8) is 0 Å². The van der Waals surface area contributed by atoms with E-state index in [9.17, 15) is 9.59 Å². The van der Waals surface area contributed by atoms with Crippen molar-refractivity contribution in [3.8, 4) is 0 Å². The number of anilines is 1. The smallest absolute Gasteiger partial charge is 0.408 e. The molecule has 5 heterocycles. The fourth-order valence-corrected chi connectivity index (χ4v) is 7.48. The van der Waals surface area contributed by atoms with Gasteiger partial charge in [0.1, 0.15) is 33.6 Å². The number of amides is 2. The second-order valence-corrected chi connectivity index (χ2v) is 15.8. The molecule has 0 bridgehead atoms. The normalized spacial score (nSPS) is 16.6. The zero-order chi connectivity index (χ0) is 34.9. The van der Waals surface area contributed by atoms with Crippen molar-refractivity contribution < 1.29 is 14.3 Å². The summed E-state index contributed by atoms with van der Waals surface area (Å²) in [5.41, 5.74) is 1.20. The first-order valence-corrected chi connectivity index (χ1v) is 18.0. The fourth-order valence-electron chi connectivity index (χ4n) is 6.42. The molecule has 2 amide bonds. The number of piperidine rings is 1. The van der Waals surface area contributed by atoms with Crippen LogP contribution in [-0.4, -0.2) is 84.7 Å². The third kappa shape index (κ3) is 8.09. The van der Waals surface area contributed by atoms with Crippen molar-refractivity contribution in [1.82, 2.24) is 39.7 Å². The number of fused-ring (bicyclic) bond motifs is 1. The second-order valence-electron chi connectivity index (χ2n) is 14.3. The van der Waals surface area contributed by atoms with Gasteiger partial charge in [-0.2, -0.15) is 0 Å². The average Bonchev–Trinajstić information content (AvgIpc) is 3.70. The number of carbonyl (C=O) groups is 2. The summed E-state index contributed by atoms with van der Waals surface area (Å²) >= 11 is 8.33. The average molecular weight is 706 g/mol. The van der Waals surface area contributed by atoms with Gasteiger partial charge in [0.15, 0.2) is 0 Å². The Morgan fingerprint density at radius 2 is 1.82 bits per heavy atom. The van der Waals surface area contributed by atoms with Crippen molar-refractivity contribution in [1.29, 1.82) is 0 Å². The quantitative estimate of drug-likeness (QED) is 0.211. The van der Waals surface area contributed by atoms with E-state index in [1.165, 1.54) is 11.8 Å². The van der Waals surface area contributed by atoms with Gasteiger partial charge < -0.3 is 24.4 Å². The summed E-state index contributed by atoms with van der Waals surface area (Å²) in [5.74, 6) is 1.34. The molecular weight excluding hydrogens is 662 g/mol. The van der Waals surface area contributed by atoms with Crippen LogP contribution in [-0.2, 0) is 11.2 Å². The van der Waals surface area contributed by atoms with Crippen molar-refractivity contribution >= 4 is 52.2 Å². The van der Waals surface area contributed by atoms with Crippen LogP contribution in [0.15, 0.2) is 46.8 Å². The Morgan fingerprint density at radius 3 is 2.47 bits per heavy atom. The molecule has 0 radical (unpaired) electrons. The highest BCUT2D eigenvalue weighted by Gasteiger charge is 2.34. The summed E-state index contributed by atoms with van der Waals surface area (Å²) in [7, 11) is 3.54. The Bertz CT molecular complexity index is 1830. The van der Waals surface area contributed by atoms with E-state index < -0.39 is 11.7 Å². The van der Waals surface area contributed by atoms with E-state index >= 15 is 0 Å². The van der Waals surface area contributed by atoms with Gasteiger partial charge in [0.2, 0.25) is 0 Å². The maximum absolute atomic E-state index is 13.1. The number of halogens is 1. The third-order valence-electron chi connectivity index (χ3n) is 9.02. The van der Waals surface area contributed by atoms with Crippen LogP contribution in [0.4, 0.5) is 10.6 Å². The minimum Gasteiger partial charge on any atom is -0.444 e. The summed E-state index contributed by atoms with van der Waals surface area (Å²) in [6, 6.07) is 4.01. The Hall–Kier alpha value is -3.97. The van der Waals surface area contributed by atoms with E-state index in [0.29, 0.717) is 33.7 Å². The lowest BCUT2D eigenvalue weighted by Gasteiger charge is -2.40. The van der Waals surface area contributed by atoms with Gasteiger partial charge >= 0.3 is 6.09 Å². The minimum absolute atomic E-state index is 0.0384. The van der Waals surface area contributed by atoms with Gasteiger partial charge in [0.05, 0.1) is 29.5 Å². The molecule has 0 atom stereocenters. The number of hydrogen-bond acceptors (Lipinski definition) is 10. The van der Waals surface area contributed by atoms with E-state index in [2.05, 4.69) is 36.7 Å². The van der Waals surface area contributed by atoms with Crippen LogP contribution in [0.1, 0.15) is 94.3 Å². The van der Waals surface area contributed by atoms with Crippen LogP contribution in [0.5, 0.6) is 0 Å². The molecule has 0 unspecified atom stereocenters.